The van der Waals surface area contributed by atoms with Gasteiger partial charge in [-0.1, -0.05) is 18.7 Å². The lowest BCUT2D eigenvalue weighted by molar-refractivity contribution is -0.120. The van der Waals surface area contributed by atoms with E-state index in [0.29, 0.717) is 15.7 Å². The quantitative estimate of drug-likeness (QED) is 0.584. The molecule has 1 fully saturated rings. The van der Waals surface area contributed by atoms with E-state index in [2.05, 4.69) is 33.1 Å². The van der Waals surface area contributed by atoms with Crippen molar-refractivity contribution in [1.29, 1.82) is 0 Å². The van der Waals surface area contributed by atoms with Crippen LogP contribution in [0.3, 0.4) is 0 Å². The van der Waals surface area contributed by atoms with Gasteiger partial charge in [0.15, 0.2) is 0 Å². The van der Waals surface area contributed by atoms with Crippen LogP contribution in [0.5, 0.6) is 5.75 Å². The molecule has 3 rings (SSSR count). The van der Waals surface area contributed by atoms with Crippen molar-refractivity contribution in [2.45, 2.75) is 38.6 Å². The first-order valence-electron chi connectivity index (χ1n) is 9.74. The minimum Gasteiger partial charge on any atom is -0.496 e. The van der Waals surface area contributed by atoms with Gasteiger partial charge < -0.3 is 15.4 Å². The molecule has 0 radical (unpaired) electrons. The fourth-order valence-corrected chi connectivity index (χ4v) is 4.07. The first-order chi connectivity index (χ1) is 13.9. The number of halogens is 2. The van der Waals surface area contributed by atoms with E-state index in [0.717, 1.165) is 42.7 Å². The molecule has 1 aliphatic rings. The number of amides is 1. The van der Waals surface area contributed by atoms with Crippen LogP contribution in [-0.2, 0) is 4.79 Å². The van der Waals surface area contributed by atoms with E-state index in [1.807, 2.05) is 25.1 Å². The molecular formula is C23H26BrFN2O2. The zero-order valence-corrected chi connectivity index (χ0v) is 18.3. The van der Waals surface area contributed by atoms with E-state index in [1.165, 1.54) is 0 Å². The van der Waals surface area contributed by atoms with Gasteiger partial charge in [-0.3, -0.25) is 4.79 Å². The van der Waals surface area contributed by atoms with Crippen molar-refractivity contribution in [2.75, 3.05) is 12.4 Å². The lowest BCUT2D eigenvalue weighted by atomic mass is 9.85. The summed E-state index contributed by atoms with van der Waals surface area (Å²) in [5.41, 5.74) is 2.81. The Hall–Kier alpha value is -2.34. The maximum absolute atomic E-state index is 14.3. The number of hydrogen-bond acceptors (Lipinski definition) is 3. The molecule has 2 aromatic carbocycles. The van der Waals surface area contributed by atoms with E-state index >= 15 is 0 Å². The van der Waals surface area contributed by atoms with Crippen molar-refractivity contribution < 1.29 is 13.9 Å². The van der Waals surface area contributed by atoms with Crippen LogP contribution in [0.4, 0.5) is 10.1 Å². The van der Waals surface area contributed by atoms with Crippen molar-refractivity contribution in [3.05, 3.63) is 64.4 Å². The highest BCUT2D eigenvalue weighted by Crippen LogP contribution is 2.29. The zero-order valence-electron chi connectivity index (χ0n) is 16.7. The molecule has 1 amide bonds. The molecule has 2 aromatic rings. The van der Waals surface area contributed by atoms with E-state index in [-0.39, 0.29) is 23.7 Å². The fourth-order valence-electron chi connectivity index (χ4n) is 3.70. The molecule has 6 heteroatoms. The second-order valence-corrected chi connectivity index (χ2v) is 8.30. The van der Waals surface area contributed by atoms with Crippen LogP contribution in [0.15, 0.2) is 47.4 Å². The summed E-state index contributed by atoms with van der Waals surface area (Å²) in [7, 11) is 1.62. The predicted molar refractivity (Wildman–Crippen MR) is 118 cm³/mol. The second-order valence-electron chi connectivity index (χ2n) is 7.45. The zero-order chi connectivity index (χ0) is 21.0. The Bertz CT molecular complexity index is 908. The van der Waals surface area contributed by atoms with Crippen molar-refractivity contribution in [2.24, 2.45) is 5.92 Å². The van der Waals surface area contributed by atoms with Crippen LogP contribution in [0.25, 0.3) is 5.70 Å². The Morgan fingerprint density at radius 3 is 2.62 bits per heavy atom. The molecule has 29 heavy (non-hydrogen) atoms. The highest BCUT2D eigenvalue weighted by atomic mass is 79.9. The third-order valence-electron chi connectivity index (χ3n) is 5.43. The van der Waals surface area contributed by atoms with Gasteiger partial charge in [-0.2, -0.15) is 0 Å². The second kappa shape index (κ2) is 9.44. The summed E-state index contributed by atoms with van der Waals surface area (Å²) >= 11 is 3.21. The van der Waals surface area contributed by atoms with Gasteiger partial charge in [-0.25, -0.2) is 4.39 Å². The summed E-state index contributed by atoms with van der Waals surface area (Å²) in [5.74, 6) is 0.447. The van der Waals surface area contributed by atoms with Crippen molar-refractivity contribution in [3.8, 4) is 5.75 Å². The Morgan fingerprint density at radius 2 is 1.93 bits per heavy atom. The highest BCUT2D eigenvalue weighted by molar-refractivity contribution is 9.10. The fraction of sp³-hybridized carbons (Fsp3) is 0.348. The lowest BCUT2D eigenvalue weighted by Crippen LogP contribution is -2.35. The number of carbonyl (C=O) groups excluding carboxylic acids is 1. The maximum Gasteiger partial charge on any atom is 0.227 e. The molecule has 0 heterocycles. The minimum absolute atomic E-state index is 0.0313. The maximum atomic E-state index is 14.3. The van der Waals surface area contributed by atoms with Crippen molar-refractivity contribution in [1.82, 2.24) is 5.32 Å². The summed E-state index contributed by atoms with van der Waals surface area (Å²) in [6.07, 6.45) is 3.23. The summed E-state index contributed by atoms with van der Waals surface area (Å²) in [6.45, 7) is 5.96. The van der Waals surface area contributed by atoms with Gasteiger partial charge in [0.1, 0.15) is 11.6 Å². The Balaban J connectivity index is 1.53. The number of hydrogen-bond donors (Lipinski definition) is 2. The first-order valence-corrected chi connectivity index (χ1v) is 10.5. The van der Waals surface area contributed by atoms with E-state index in [9.17, 15) is 9.18 Å². The van der Waals surface area contributed by atoms with Crippen LogP contribution in [0.2, 0.25) is 0 Å². The number of carbonyl (C=O) groups is 1. The SMILES string of the molecule is C=C(NC1CCC(C(=O)Nc2ccc(C)c(OC)c2)CC1)c1cccc(Br)c1F. The van der Waals surface area contributed by atoms with E-state index < -0.39 is 0 Å². The van der Waals surface area contributed by atoms with Crippen molar-refractivity contribution >= 4 is 33.2 Å². The smallest absolute Gasteiger partial charge is 0.227 e. The normalized spacial score (nSPS) is 18.8. The van der Waals surface area contributed by atoms with Gasteiger partial charge in [0.25, 0.3) is 0 Å². The lowest BCUT2D eigenvalue weighted by Gasteiger charge is -2.30. The van der Waals surface area contributed by atoms with Crippen LogP contribution < -0.4 is 15.4 Å². The number of aryl methyl sites for hydroxylation is 1. The molecule has 4 nitrogen and oxygen atoms in total. The van der Waals surface area contributed by atoms with Gasteiger partial charge in [-0.05, 0) is 72.3 Å². The molecule has 0 unspecified atom stereocenters. The average molecular weight is 461 g/mol. The molecular weight excluding hydrogens is 435 g/mol. The summed E-state index contributed by atoms with van der Waals surface area (Å²) in [4.78, 5) is 12.6. The van der Waals surface area contributed by atoms with E-state index in [1.54, 1.807) is 25.3 Å². The Kier molecular flexibility index (Phi) is 6.96. The van der Waals surface area contributed by atoms with Gasteiger partial charge in [-0.15, -0.1) is 0 Å². The predicted octanol–water partition coefficient (Wildman–Crippen LogP) is 5.66. The molecule has 0 aromatic heterocycles. The number of rotatable bonds is 6. The number of nitrogens with one attached hydrogen (secondary N) is 2. The van der Waals surface area contributed by atoms with Gasteiger partial charge in [0, 0.05) is 35.0 Å². The molecule has 154 valence electrons. The number of anilines is 1. The monoisotopic (exact) mass is 460 g/mol. The number of methoxy groups -OCH3 is 1. The summed E-state index contributed by atoms with van der Waals surface area (Å²) < 4.78 is 20.0. The van der Waals surface area contributed by atoms with E-state index in [4.69, 9.17) is 4.74 Å². The molecule has 0 spiro atoms. The van der Waals surface area contributed by atoms with Crippen LogP contribution in [-0.4, -0.2) is 19.1 Å². The summed E-state index contributed by atoms with van der Waals surface area (Å²) in [6, 6.07) is 11.0. The number of ether oxygens (including phenoxy) is 1. The van der Waals surface area contributed by atoms with Gasteiger partial charge in [0.2, 0.25) is 5.91 Å². The highest BCUT2D eigenvalue weighted by Gasteiger charge is 2.27. The van der Waals surface area contributed by atoms with Crippen LogP contribution >= 0.6 is 15.9 Å². The third kappa shape index (κ3) is 5.18. The van der Waals surface area contributed by atoms with Gasteiger partial charge >= 0.3 is 0 Å². The topological polar surface area (TPSA) is 50.4 Å². The van der Waals surface area contributed by atoms with Crippen LogP contribution in [0, 0.1) is 18.7 Å². The average Bonchev–Trinajstić information content (AvgIpc) is 2.71. The molecule has 0 saturated heterocycles. The van der Waals surface area contributed by atoms with Crippen LogP contribution in [0.1, 0.15) is 36.8 Å². The molecule has 0 atom stereocenters. The van der Waals surface area contributed by atoms with Gasteiger partial charge in [0.05, 0.1) is 11.6 Å². The first kappa shape index (κ1) is 21.4. The summed E-state index contributed by atoms with van der Waals surface area (Å²) in [5, 5.41) is 6.33. The third-order valence-corrected chi connectivity index (χ3v) is 6.04. The Labute approximate surface area is 179 Å². The molecule has 0 aliphatic heterocycles. The Morgan fingerprint density at radius 1 is 1.21 bits per heavy atom. The molecule has 2 N–H and O–H groups in total. The molecule has 1 saturated carbocycles. The molecule has 0 bridgehead atoms. The standard InChI is InChI=1S/C23H26BrFN2O2/c1-14-7-10-18(13-21(14)29-3)27-23(28)16-8-11-17(12-9-16)26-15(2)19-5-4-6-20(24)22(19)25/h4-7,10,13,16-17,26H,2,8-9,11-12H2,1,3H3,(H,27,28). The minimum atomic E-state index is -0.313. The largest absolute Gasteiger partial charge is 0.496 e. The molecule has 1 aliphatic carbocycles. The number of benzene rings is 2. The van der Waals surface area contributed by atoms with Crippen molar-refractivity contribution in [3.63, 3.8) is 0 Å².